The first-order valence-corrected chi connectivity index (χ1v) is 6.95. The summed E-state index contributed by atoms with van der Waals surface area (Å²) in [6.45, 7) is 8.57. The highest BCUT2D eigenvalue weighted by atomic mass is 32.1. The molecular formula is C12H16N2S2. The summed E-state index contributed by atoms with van der Waals surface area (Å²) in [7, 11) is 0. The van der Waals surface area contributed by atoms with E-state index < -0.39 is 0 Å². The van der Waals surface area contributed by atoms with Crippen LogP contribution in [0.25, 0.3) is 10.6 Å². The Morgan fingerprint density at radius 1 is 1.31 bits per heavy atom. The predicted octanol–water partition coefficient (Wildman–Crippen LogP) is 4.39. The Balaban J connectivity index is 2.29. The van der Waals surface area contributed by atoms with Crippen molar-refractivity contribution in [2.24, 2.45) is 0 Å². The normalized spacial score (nSPS) is 11.8. The third kappa shape index (κ3) is 2.62. The lowest BCUT2D eigenvalue weighted by atomic mass is 10.1. The smallest absolute Gasteiger partial charge is 0.183 e. The zero-order chi connectivity index (χ0) is 11.8. The minimum absolute atomic E-state index is 0.0665. The summed E-state index contributed by atoms with van der Waals surface area (Å²) in [5, 5.41) is 6.51. The second-order valence-electron chi connectivity index (χ2n) is 4.78. The van der Waals surface area contributed by atoms with Crippen molar-refractivity contribution in [3.63, 3.8) is 0 Å². The van der Waals surface area contributed by atoms with Crippen molar-refractivity contribution in [3.05, 3.63) is 22.4 Å². The second kappa shape index (κ2) is 4.18. The van der Waals surface area contributed by atoms with Gasteiger partial charge in [0.25, 0.3) is 0 Å². The summed E-state index contributed by atoms with van der Waals surface area (Å²) >= 11 is 3.46. The van der Waals surface area contributed by atoms with Gasteiger partial charge in [0.15, 0.2) is 5.13 Å². The number of aryl methyl sites for hydroxylation is 1. The van der Waals surface area contributed by atoms with Crippen molar-refractivity contribution < 1.29 is 0 Å². The predicted molar refractivity (Wildman–Crippen MR) is 73.5 cm³/mol. The van der Waals surface area contributed by atoms with E-state index in [4.69, 9.17) is 0 Å². The lowest BCUT2D eigenvalue weighted by Crippen LogP contribution is -2.25. The average molecular weight is 252 g/mol. The van der Waals surface area contributed by atoms with Crippen LogP contribution in [0.4, 0.5) is 5.13 Å². The van der Waals surface area contributed by atoms with E-state index in [-0.39, 0.29) is 5.54 Å². The molecule has 0 saturated heterocycles. The van der Waals surface area contributed by atoms with E-state index in [0.29, 0.717) is 0 Å². The topological polar surface area (TPSA) is 24.9 Å². The molecule has 2 aromatic rings. The molecule has 0 aliphatic heterocycles. The van der Waals surface area contributed by atoms with Crippen molar-refractivity contribution in [2.75, 3.05) is 5.32 Å². The van der Waals surface area contributed by atoms with Gasteiger partial charge in [-0.2, -0.15) is 0 Å². The number of aromatic nitrogens is 1. The molecule has 0 aromatic carbocycles. The lowest BCUT2D eigenvalue weighted by Gasteiger charge is -2.19. The van der Waals surface area contributed by atoms with Gasteiger partial charge in [-0.1, -0.05) is 6.07 Å². The number of hydrogen-bond acceptors (Lipinski definition) is 4. The minimum atomic E-state index is 0.0665. The monoisotopic (exact) mass is 252 g/mol. The SMILES string of the molecule is Cc1sc(NC(C)(C)C)nc1-c1cccs1. The first-order chi connectivity index (χ1) is 7.46. The maximum Gasteiger partial charge on any atom is 0.183 e. The van der Waals surface area contributed by atoms with E-state index >= 15 is 0 Å². The van der Waals surface area contributed by atoms with Gasteiger partial charge < -0.3 is 5.32 Å². The summed E-state index contributed by atoms with van der Waals surface area (Å²) in [5.74, 6) is 0. The standard InChI is InChI=1S/C12H16N2S2/c1-8-10(9-6-5-7-15-9)13-11(16-8)14-12(2,3)4/h5-7H,1-4H3,(H,13,14). The summed E-state index contributed by atoms with van der Waals surface area (Å²) in [6.07, 6.45) is 0. The van der Waals surface area contributed by atoms with E-state index in [0.717, 1.165) is 10.8 Å². The number of nitrogens with one attached hydrogen (secondary N) is 1. The van der Waals surface area contributed by atoms with E-state index in [9.17, 15) is 0 Å². The Labute approximate surface area is 104 Å². The Kier molecular flexibility index (Phi) is 3.04. The number of thiazole rings is 1. The summed E-state index contributed by atoms with van der Waals surface area (Å²) < 4.78 is 0. The number of thiophene rings is 1. The van der Waals surface area contributed by atoms with Crippen LogP contribution in [0, 0.1) is 6.92 Å². The van der Waals surface area contributed by atoms with Gasteiger partial charge in [0.05, 0.1) is 10.6 Å². The Hall–Kier alpha value is -0.870. The van der Waals surface area contributed by atoms with Gasteiger partial charge in [0, 0.05) is 10.4 Å². The third-order valence-electron chi connectivity index (χ3n) is 2.03. The highest BCUT2D eigenvalue weighted by molar-refractivity contribution is 7.17. The third-order valence-corrected chi connectivity index (χ3v) is 3.80. The Bertz CT molecular complexity index is 464. The molecule has 0 fully saturated rings. The molecule has 0 aliphatic rings. The van der Waals surface area contributed by atoms with Crippen molar-refractivity contribution in [2.45, 2.75) is 33.2 Å². The molecule has 0 amide bonds. The molecule has 1 N–H and O–H groups in total. The first kappa shape index (κ1) is 11.6. The molecular weight excluding hydrogens is 236 g/mol. The average Bonchev–Trinajstić information content (AvgIpc) is 2.71. The fourth-order valence-electron chi connectivity index (χ4n) is 1.41. The molecule has 2 aromatic heterocycles. The summed E-state index contributed by atoms with van der Waals surface area (Å²) in [5.41, 5.74) is 1.18. The number of anilines is 1. The number of rotatable bonds is 2. The molecule has 2 heterocycles. The molecule has 0 spiro atoms. The van der Waals surface area contributed by atoms with Crippen LogP contribution in [0.1, 0.15) is 25.6 Å². The van der Waals surface area contributed by atoms with Gasteiger partial charge >= 0.3 is 0 Å². The Morgan fingerprint density at radius 3 is 2.62 bits per heavy atom. The lowest BCUT2D eigenvalue weighted by molar-refractivity contribution is 0.633. The van der Waals surface area contributed by atoms with E-state index in [1.54, 1.807) is 22.7 Å². The van der Waals surface area contributed by atoms with E-state index in [2.05, 4.69) is 55.5 Å². The zero-order valence-corrected chi connectivity index (χ0v) is 11.6. The molecule has 0 aliphatic carbocycles. The van der Waals surface area contributed by atoms with Crippen LogP contribution in [-0.2, 0) is 0 Å². The first-order valence-electron chi connectivity index (χ1n) is 5.25. The quantitative estimate of drug-likeness (QED) is 0.857. The molecule has 0 bridgehead atoms. The maximum atomic E-state index is 4.66. The molecule has 4 heteroatoms. The van der Waals surface area contributed by atoms with Crippen LogP contribution in [0.2, 0.25) is 0 Å². The molecule has 0 radical (unpaired) electrons. The van der Waals surface area contributed by atoms with Crippen LogP contribution >= 0.6 is 22.7 Å². The van der Waals surface area contributed by atoms with Gasteiger partial charge in [0.2, 0.25) is 0 Å². The van der Waals surface area contributed by atoms with Crippen LogP contribution < -0.4 is 5.32 Å². The molecule has 16 heavy (non-hydrogen) atoms. The van der Waals surface area contributed by atoms with Crippen molar-refractivity contribution in [3.8, 4) is 10.6 Å². The second-order valence-corrected chi connectivity index (χ2v) is 6.93. The molecule has 0 atom stereocenters. The fourth-order valence-corrected chi connectivity index (χ4v) is 3.28. The van der Waals surface area contributed by atoms with Crippen LogP contribution in [0.15, 0.2) is 17.5 Å². The van der Waals surface area contributed by atoms with Crippen LogP contribution in [0.3, 0.4) is 0 Å². The van der Waals surface area contributed by atoms with Gasteiger partial charge in [0.1, 0.15) is 0 Å². The van der Waals surface area contributed by atoms with Crippen LogP contribution in [0.5, 0.6) is 0 Å². The Morgan fingerprint density at radius 2 is 2.06 bits per heavy atom. The number of nitrogens with zero attached hydrogens (tertiary/aromatic N) is 1. The van der Waals surface area contributed by atoms with Crippen molar-refractivity contribution in [1.29, 1.82) is 0 Å². The number of hydrogen-bond donors (Lipinski definition) is 1. The molecule has 0 unspecified atom stereocenters. The molecule has 2 nitrogen and oxygen atoms in total. The van der Waals surface area contributed by atoms with Gasteiger partial charge in [-0.25, -0.2) is 4.98 Å². The summed E-state index contributed by atoms with van der Waals surface area (Å²) in [6, 6.07) is 4.18. The minimum Gasteiger partial charge on any atom is -0.357 e. The van der Waals surface area contributed by atoms with Gasteiger partial charge in [-0.3, -0.25) is 0 Å². The molecule has 86 valence electrons. The van der Waals surface area contributed by atoms with Gasteiger partial charge in [-0.15, -0.1) is 22.7 Å². The molecule has 2 rings (SSSR count). The summed E-state index contributed by atoms with van der Waals surface area (Å²) in [4.78, 5) is 7.17. The van der Waals surface area contributed by atoms with E-state index in [1.165, 1.54) is 9.75 Å². The van der Waals surface area contributed by atoms with E-state index in [1.807, 2.05) is 0 Å². The highest BCUT2D eigenvalue weighted by Gasteiger charge is 2.15. The van der Waals surface area contributed by atoms with Crippen molar-refractivity contribution in [1.82, 2.24) is 4.98 Å². The maximum absolute atomic E-state index is 4.66. The van der Waals surface area contributed by atoms with Crippen molar-refractivity contribution >= 4 is 27.8 Å². The van der Waals surface area contributed by atoms with Gasteiger partial charge in [-0.05, 0) is 39.1 Å². The highest BCUT2D eigenvalue weighted by Crippen LogP contribution is 2.33. The molecule has 0 saturated carbocycles. The fraction of sp³-hybridized carbons (Fsp3) is 0.417. The largest absolute Gasteiger partial charge is 0.357 e. The van der Waals surface area contributed by atoms with Crippen LogP contribution in [-0.4, -0.2) is 10.5 Å². The zero-order valence-electron chi connectivity index (χ0n) is 10.00.